The third-order valence-electron chi connectivity index (χ3n) is 5.41. The zero-order valence-electron chi connectivity index (χ0n) is 18.4. The van der Waals surface area contributed by atoms with Gasteiger partial charge in [0.05, 0.1) is 11.0 Å². The van der Waals surface area contributed by atoms with Crippen molar-refractivity contribution >= 4 is 11.7 Å². The number of benzene rings is 3. The van der Waals surface area contributed by atoms with Gasteiger partial charge in [-0.1, -0.05) is 54.6 Å². The summed E-state index contributed by atoms with van der Waals surface area (Å²) in [7, 11) is 0. The number of carboxylic acid groups (broad SMARTS) is 1. The first-order chi connectivity index (χ1) is 15.8. The van der Waals surface area contributed by atoms with Crippen molar-refractivity contribution in [3.8, 4) is 16.9 Å². The molecule has 2 unspecified atom stereocenters. The highest BCUT2D eigenvalue weighted by Gasteiger charge is 2.23. The van der Waals surface area contributed by atoms with Gasteiger partial charge < -0.3 is 14.9 Å². The maximum Gasteiger partial charge on any atom is 0.323 e. The van der Waals surface area contributed by atoms with Crippen molar-refractivity contribution < 1.29 is 24.7 Å². The third kappa shape index (κ3) is 5.94. The van der Waals surface area contributed by atoms with Crippen LogP contribution in [0.15, 0.2) is 66.7 Å². The second-order valence-electron chi connectivity index (χ2n) is 7.74. The van der Waals surface area contributed by atoms with Crippen LogP contribution in [0.5, 0.6) is 5.75 Å². The lowest BCUT2D eigenvalue weighted by molar-refractivity contribution is -0.386. The number of aliphatic hydroxyl groups is 1. The van der Waals surface area contributed by atoms with Gasteiger partial charge in [0, 0.05) is 12.6 Å². The Balaban J connectivity index is 1.77. The molecule has 3 N–H and O–H groups in total. The Morgan fingerprint density at radius 1 is 1.12 bits per heavy atom. The zero-order valence-corrected chi connectivity index (χ0v) is 18.4. The number of nitrogens with zero attached hydrogens (tertiary/aromatic N) is 1. The minimum atomic E-state index is -1.20. The molecule has 0 aliphatic rings. The maximum atomic E-state index is 11.6. The molecule has 33 heavy (non-hydrogen) atoms. The fourth-order valence-electron chi connectivity index (χ4n) is 3.56. The molecule has 0 bridgehead atoms. The van der Waals surface area contributed by atoms with Gasteiger partial charge in [-0.15, -0.1) is 0 Å². The van der Waals surface area contributed by atoms with Crippen molar-refractivity contribution in [1.82, 2.24) is 5.32 Å². The Bertz CT molecular complexity index is 1130. The number of carboxylic acids is 1. The van der Waals surface area contributed by atoms with E-state index in [2.05, 4.69) is 5.32 Å². The van der Waals surface area contributed by atoms with Crippen LogP contribution in [0, 0.1) is 17.0 Å². The van der Waals surface area contributed by atoms with Crippen molar-refractivity contribution in [1.29, 1.82) is 0 Å². The maximum absolute atomic E-state index is 11.6. The van der Waals surface area contributed by atoms with E-state index in [-0.39, 0.29) is 24.6 Å². The van der Waals surface area contributed by atoms with E-state index >= 15 is 0 Å². The van der Waals surface area contributed by atoms with Crippen LogP contribution in [0.4, 0.5) is 5.69 Å². The molecule has 0 aliphatic carbocycles. The summed E-state index contributed by atoms with van der Waals surface area (Å²) in [6.07, 6.45) is -1.12. The number of carbonyl (C=O) groups is 1. The fourth-order valence-corrected chi connectivity index (χ4v) is 3.56. The molecule has 172 valence electrons. The van der Waals surface area contributed by atoms with Crippen LogP contribution < -0.4 is 10.1 Å². The van der Waals surface area contributed by atoms with Crippen LogP contribution >= 0.6 is 0 Å². The number of ether oxygens (including phenoxy) is 1. The molecule has 0 saturated heterocycles. The van der Waals surface area contributed by atoms with E-state index in [1.165, 1.54) is 19.1 Å². The van der Waals surface area contributed by atoms with Crippen LogP contribution in [0.1, 0.15) is 23.6 Å². The fraction of sp³-hybridized carbons (Fsp3) is 0.240. The molecule has 0 saturated carbocycles. The Kier molecular flexibility index (Phi) is 7.76. The van der Waals surface area contributed by atoms with Crippen molar-refractivity contribution in [3.63, 3.8) is 0 Å². The summed E-state index contributed by atoms with van der Waals surface area (Å²) in [5.74, 6) is -1.08. The Morgan fingerprint density at radius 3 is 2.48 bits per heavy atom. The summed E-state index contributed by atoms with van der Waals surface area (Å²) in [6.45, 7) is 3.56. The minimum Gasteiger partial charge on any atom is -0.482 e. The summed E-state index contributed by atoms with van der Waals surface area (Å²) >= 11 is 0. The lowest BCUT2D eigenvalue weighted by Gasteiger charge is -2.17. The quantitative estimate of drug-likeness (QED) is 0.314. The molecule has 0 spiro atoms. The summed E-state index contributed by atoms with van der Waals surface area (Å²) in [5.41, 5.74) is 4.39. The number of nitro groups is 1. The smallest absolute Gasteiger partial charge is 0.323 e. The normalized spacial score (nSPS) is 12.7. The molecule has 0 radical (unpaired) electrons. The predicted molar refractivity (Wildman–Crippen MR) is 124 cm³/mol. The highest BCUT2D eigenvalue weighted by molar-refractivity contribution is 5.74. The van der Waals surface area contributed by atoms with Crippen LogP contribution in [-0.4, -0.2) is 33.3 Å². The van der Waals surface area contributed by atoms with Gasteiger partial charge in [-0.25, -0.2) is 0 Å². The highest BCUT2D eigenvalue weighted by Crippen LogP contribution is 2.31. The Morgan fingerprint density at radius 2 is 1.85 bits per heavy atom. The molecule has 8 nitrogen and oxygen atoms in total. The van der Waals surface area contributed by atoms with Crippen molar-refractivity contribution in [3.05, 3.63) is 93.5 Å². The van der Waals surface area contributed by atoms with Gasteiger partial charge in [-0.05, 0) is 47.7 Å². The number of nitrogens with one attached hydrogen (secondary N) is 1. The van der Waals surface area contributed by atoms with E-state index in [4.69, 9.17) is 9.84 Å². The minimum absolute atomic E-state index is 0.0429. The number of aliphatic hydroxyl groups excluding tert-OH is 1. The van der Waals surface area contributed by atoms with Gasteiger partial charge in [0.1, 0.15) is 12.6 Å². The monoisotopic (exact) mass is 450 g/mol. The molecular formula is C25H26N2O6. The standard InChI is InChI=1S/C25H26N2O6/c1-16-20(9-6-10-21(16)19-7-4-3-5-8-19)15-33-23-12-11-18(13-22(23)27(31)32)14-26-24(17(2)28)25(29)30/h3-13,17,24,26,28H,14-15H2,1-2H3,(H,29,30). The summed E-state index contributed by atoms with van der Waals surface area (Å²) < 4.78 is 5.82. The average Bonchev–Trinajstić information content (AvgIpc) is 2.79. The van der Waals surface area contributed by atoms with Crippen LogP contribution in [-0.2, 0) is 17.9 Å². The summed E-state index contributed by atoms with van der Waals surface area (Å²) in [5, 5.41) is 33.0. The third-order valence-corrected chi connectivity index (χ3v) is 5.41. The number of aliphatic carboxylic acids is 1. The molecular weight excluding hydrogens is 424 g/mol. The van der Waals surface area contributed by atoms with Crippen molar-refractivity contribution in [2.45, 2.75) is 39.1 Å². The average molecular weight is 450 g/mol. The highest BCUT2D eigenvalue weighted by atomic mass is 16.6. The first kappa shape index (κ1) is 23.9. The van der Waals surface area contributed by atoms with Crippen molar-refractivity contribution in [2.75, 3.05) is 0 Å². The van der Waals surface area contributed by atoms with E-state index in [1.54, 1.807) is 6.07 Å². The largest absolute Gasteiger partial charge is 0.482 e. The van der Waals surface area contributed by atoms with E-state index in [0.717, 1.165) is 22.3 Å². The predicted octanol–water partition coefficient (Wildman–Crippen LogP) is 4.07. The van der Waals surface area contributed by atoms with E-state index < -0.39 is 23.0 Å². The SMILES string of the molecule is Cc1c(COc2ccc(CNC(C(=O)O)C(C)O)cc2[N+](=O)[O-])cccc1-c1ccccc1. The topological polar surface area (TPSA) is 122 Å². The number of nitro benzene ring substituents is 1. The van der Waals surface area contributed by atoms with Crippen LogP contribution in [0.25, 0.3) is 11.1 Å². The molecule has 3 rings (SSSR count). The Hall–Kier alpha value is -3.75. The van der Waals surface area contributed by atoms with Gasteiger partial charge in [-0.3, -0.25) is 20.2 Å². The summed E-state index contributed by atoms with van der Waals surface area (Å²) in [4.78, 5) is 22.3. The van der Waals surface area contributed by atoms with Crippen molar-refractivity contribution in [2.24, 2.45) is 0 Å². The van der Waals surface area contributed by atoms with Gasteiger partial charge in [0.25, 0.3) is 0 Å². The molecule has 8 heteroatoms. The van der Waals surface area contributed by atoms with Crippen LogP contribution in [0.2, 0.25) is 0 Å². The van der Waals surface area contributed by atoms with E-state index in [0.29, 0.717) is 5.56 Å². The Labute approximate surface area is 191 Å². The molecule has 0 heterocycles. The number of hydrogen-bond acceptors (Lipinski definition) is 6. The molecule has 0 amide bonds. The molecule has 2 atom stereocenters. The molecule has 3 aromatic carbocycles. The van der Waals surface area contributed by atoms with E-state index in [9.17, 15) is 20.0 Å². The molecule has 0 aromatic heterocycles. The summed E-state index contributed by atoms with van der Waals surface area (Å²) in [6, 6.07) is 19.1. The first-order valence-corrected chi connectivity index (χ1v) is 10.5. The molecule has 3 aromatic rings. The molecule has 0 fully saturated rings. The van der Waals surface area contributed by atoms with Gasteiger partial charge in [0.15, 0.2) is 5.75 Å². The lowest BCUT2D eigenvalue weighted by atomic mass is 9.97. The van der Waals surface area contributed by atoms with Gasteiger partial charge >= 0.3 is 11.7 Å². The van der Waals surface area contributed by atoms with E-state index in [1.807, 2.05) is 55.5 Å². The van der Waals surface area contributed by atoms with Gasteiger partial charge in [-0.2, -0.15) is 0 Å². The van der Waals surface area contributed by atoms with Gasteiger partial charge in [0.2, 0.25) is 0 Å². The first-order valence-electron chi connectivity index (χ1n) is 10.5. The zero-order chi connectivity index (χ0) is 24.0. The lowest BCUT2D eigenvalue weighted by Crippen LogP contribution is -2.44. The number of rotatable bonds is 10. The number of hydrogen-bond donors (Lipinski definition) is 3. The molecule has 0 aliphatic heterocycles. The second-order valence-corrected chi connectivity index (χ2v) is 7.74. The second kappa shape index (κ2) is 10.7. The van der Waals surface area contributed by atoms with Crippen LogP contribution in [0.3, 0.4) is 0 Å².